The van der Waals surface area contributed by atoms with E-state index in [1.165, 1.54) is 33.4 Å². The van der Waals surface area contributed by atoms with Gasteiger partial charge in [-0.2, -0.15) is 0 Å². The van der Waals surface area contributed by atoms with Crippen LogP contribution in [0.2, 0.25) is 0 Å². The summed E-state index contributed by atoms with van der Waals surface area (Å²) in [5.74, 6) is -1.65. The zero-order chi connectivity index (χ0) is 45.7. The quantitative estimate of drug-likeness (QED) is 0.0716. The average Bonchev–Trinajstić information content (AvgIpc) is 3.47. The summed E-state index contributed by atoms with van der Waals surface area (Å²) < 4.78 is 29.0. The van der Waals surface area contributed by atoms with Crippen LogP contribution < -0.4 is 45.2 Å². The van der Waals surface area contributed by atoms with E-state index in [0.717, 1.165) is 11.4 Å². The number of fused-ring (bicyclic) bond motifs is 1. The molecule has 6 amide bonds. The Morgan fingerprint density at radius 1 is 0.887 bits per heavy atom. The first kappa shape index (κ1) is 48.5. The highest BCUT2D eigenvalue weighted by molar-refractivity contribution is 6.03. The van der Waals surface area contributed by atoms with Gasteiger partial charge in [-0.05, 0) is 44.5 Å². The summed E-state index contributed by atoms with van der Waals surface area (Å²) in [6.07, 6.45) is 3.85. The van der Waals surface area contributed by atoms with Gasteiger partial charge in [-0.25, -0.2) is 10.4 Å². The molecule has 2 aliphatic heterocycles. The SMILES string of the molecule is C=CNC(=O)c1cc(OC)c(OCCCOc2cc3c(cc2OC)C(=O)N(C(CCC)OC)CC=N3)cc1N(C)C(C)NC(=O)[C@H](C)NC(=O)[C@@H](NN1C(=O)CCC1=O)C(C)C. The highest BCUT2D eigenvalue weighted by Gasteiger charge is 2.35. The fourth-order valence-corrected chi connectivity index (χ4v) is 6.72. The van der Waals surface area contributed by atoms with Gasteiger partial charge in [0.2, 0.25) is 23.6 Å². The number of imide groups is 1. The van der Waals surface area contributed by atoms with Crippen molar-refractivity contribution in [1.29, 1.82) is 0 Å². The average molecular weight is 865 g/mol. The first-order valence-electron chi connectivity index (χ1n) is 20.5. The van der Waals surface area contributed by atoms with E-state index in [0.29, 0.717) is 53.6 Å². The number of benzene rings is 2. The van der Waals surface area contributed by atoms with Crippen molar-refractivity contribution >= 4 is 53.0 Å². The van der Waals surface area contributed by atoms with Crippen LogP contribution in [0.25, 0.3) is 0 Å². The van der Waals surface area contributed by atoms with E-state index in [-0.39, 0.29) is 55.4 Å². The predicted molar refractivity (Wildman–Crippen MR) is 231 cm³/mol. The normalized spacial score (nSPS) is 15.5. The minimum Gasteiger partial charge on any atom is -0.493 e. The van der Waals surface area contributed by atoms with Crippen LogP contribution >= 0.6 is 0 Å². The van der Waals surface area contributed by atoms with Gasteiger partial charge < -0.3 is 49.4 Å². The third kappa shape index (κ3) is 11.8. The number of hydrazine groups is 1. The van der Waals surface area contributed by atoms with Crippen molar-refractivity contribution in [2.24, 2.45) is 10.9 Å². The van der Waals surface area contributed by atoms with Gasteiger partial charge in [-0.3, -0.25) is 33.8 Å². The lowest BCUT2D eigenvalue weighted by molar-refractivity contribution is -0.145. The van der Waals surface area contributed by atoms with Crippen molar-refractivity contribution in [3.8, 4) is 23.0 Å². The van der Waals surface area contributed by atoms with Gasteiger partial charge in [0, 0.05) is 51.8 Å². The Morgan fingerprint density at radius 3 is 2.10 bits per heavy atom. The third-order valence-corrected chi connectivity index (χ3v) is 10.3. The first-order chi connectivity index (χ1) is 29.6. The topological polar surface area (TPSA) is 219 Å². The molecule has 1 fully saturated rings. The molecule has 2 aromatic carbocycles. The first-order valence-corrected chi connectivity index (χ1v) is 20.5. The zero-order valence-electron chi connectivity index (χ0n) is 37.0. The van der Waals surface area contributed by atoms with Gasteiger partial charge in [0.25, 0.3) is 11.8 Å². The van der Waals surface area contributed by atoms with Crippen molar-refractivity contribution in [2.45, 2.75) is 91.2 Å². The number of carbonyl (C=O) groups is 6. The lowest BCUT2D eigenvalue weighted by Crippen LogP contribution is -2.59. The Labute approximate surface area is 362 Å². The monoisotopic (exact) mass is 864 g/mol. The predicted octanol–water partition coefficient (Wildman–Crippen LogP) is 3.44. The van der Waals surface area contributed by atoms with Crippen molar-refractivity contribution in [3.05, 3.63) is 48.2 Å². The van der Waals surface area contributed by atoms with Crippen LogP contribution in [-0.4, -0.2) is 124 Å². The molecule has 0 spiro atoms. The van der Waals surface area contributed by atoms with Gasteiger partial charge in [0.15, 0.2) is 23.0 Å². The fourth-order valence-electron chi connectivity index (χ4n) is 6.72. The van der Waals surface area contributed by atoms with E-state index < -0.39 is 47.8 Å². The Balaban J connectivity index is 1.43. The maximum atomic E-state index is 13.5. The van der Waals surface area contributed by atoms with Crippen molar-refractivity contribution in [2.75, 3.05) is 53.0 Å². The Bertz CT molecular complexity index is 1990. The van der Waals surface area contributed by atoms with Gasteiger partial charge in [-0.15, -0.1) is 0 Å². The second-order valence-electron chi connectivity index (χ2n) is 15.0. The molecule has 338 valence electrons. The molecule has 62 heavy (non-hydrogen) atoms. The largest absolute Gasteiger partial charge is 0.493 e. The molecule has 0 aromatic heterocycles. The fraction of sp³-hybridized carbons (Fsp3) is 0.512. The van der Waals surface area contributed by atoms with Gasteiger partial charge in [0.1, 0.15) is 18.3 Å². The number of hydrogen-bond donors (Lipinski definition) is 4. The van der Waals surface area contributed by atoms with E-state index in [1.807, 2.05) is 6.92 Å². The summed E-state index contributed by atoms with van der Waals surface area (Å²) in [6, 6.07) is 4.45. The summed E-state index contributed by atoms with van der Waals surface area (Å²) in [6.45, 7) is 13.0. The Kier molecular flexibility index (Phi) is 17.6. The van der Waals surface area contributed by atoms with E-state index in [1.54, 1.807) is 69.1 Å². The summed E-state index contributed by atoms with van der Waals surface area (Å²) >= 11 is 0. The standard InChI is InChI=1S/C43H60N8O11/c1-11-14-38(60-10)50-18-17-45-30-23-34(32(58-8)21-28(30)43(50)57)61-19-13-20-62-35-24-31(29(22-33(35)59-9)41(55)44-12-2)49(7)27(6)47-40(54)26(5)46-42(56)39(25(3)4)48-51-36(52)15-16-37(51)53/h12,17,21-27,38-39,48H,2,11,13-16,18-20H2,1,3-10H3,(H,44,55)(H,46,56)(H,47,54)/t26-,27?,38?,39-/m0/s1. The number of ether oxygens (including phenoxy) is 5. The number of rotatable bonds is 23. The molecule has 2 aromatic rings. The lowest BCUT2D eigenvalue weighted by atomic mass is 10.0. The van der Waals surface area contributed by atoms with Crippen LogP contribution in [0.3, 0.4) is 0 Å². The summed E-state index contributed by atoms with van der Waals surface area (Å²) in [4.78, 5) is 85.6. The molecular formula is C43H60N8O11. The molecule has 2 aliphatic rings. The molecule has 4 rings (SSSR count). The number of nitrogens with one attached hydrogen (secondary N) is 4. The van der Waals surface area contributed by atoms with Crippen LogP contribution in [-0.2, 0) is 23.9 Å². The molecule has 0 bridgehead atoms. The highest BCUT2D eigenvalue weighted by atomic mass is 16.5. The van der Waals surface area contributed by atoms with Gasteiger partial charge in [-0.1, -0.05) is 33.8 Å². The van der Waals surface area contributed by atoms with Crippen molar-refractivity contribution in [1.82, 2.24) is 31.3 Å². The molecule has 0 aliphatic carbocycles. The number of nitrogens with zero attached hydrogens (tertiary/aromatic N) is 4. The maximum absolute atomic E-state index is 13.5. The van der Waals surface area contributed by atoms with E-state index in [2.05, 4.69) is 32.9 Å². The second kappa shape index (κ2) is 22.6. The Morgan fingerprint density at radius 2 is 1.52 bits per heavy atom. The number of carbonyl (C=O) groups excluding carboxylic acids is 6. The van der Waals surface area contributed by atoms with Crippen LogP contribution in [0.5, 0.6) is 23.0 Å². The van der Waals surface area contributed by atoms with Crippen LogP contribution in [0, 0.1) is 5.92 Å². The molecule has 0 saturated carbocycles. The summed E-state index contributed by atoms with van der Waals surface area (Å²) in [5, 5.41) is 8.96. The minimum absolute atomic E-state index is 0.0556. The summed E-state index contributed by atoms with van der Waals surface area (Å²) in [7, 11) is 6.19. The van der Waals surface area contributed by atoms with E-state index in [4.69, 9.17) is 23.7 Å². The van der Waals surface area contributed by atoms with Crippen molar-refractivity contribution < 1.29 is 52.5 Å². The number of anilines is 1. The zero-order valence-corrected chi connectivity index (χ0v) is 37.0. The number of methoxy groups -OCH3 is 3. The molecule has 1 saturated heterocycles. The molecule has 0 radical (unpaired) electrons. The van der Waals surface area contributed by atoms with Gasteiger partial charge in [0.05, 0.1) is 62.6 Å². The highest BCUT2D eigenvalue weighted by Crippen LogP contribution is 2.38. The third-order valence-electron chi connectivity index (χ3n) is 10.3. The van der Waals surface area contributed by atoms with Gasteiger partial charge >= 0.3 is 0 Å². The lowest BCUT2D eigenvalue weighted by Gasteiger charge is -2.31. The number of amides is 6. The molecule has 4 atom stereocenters. The smallest absolute Gasteiger partial charge is 0.258 e. The number of aliphatic imine (C=N–C) groups is 1. The molecule has 2 unspecified atom stereocenters. The molecule has 2 heterocycles. The molecule has 19 nitrogen and oxygen atoms in total. The van der Waals surface area contributed by atoms with E-state index in [9.17, 15) is 28.8 Å². The van der Waals surface area contributed by atoms with Crippen LogP contribution in [0.15, 0.2) is 42.0 Å². The summed E-state index contributed by atoms with van der Waals surface area (Å²) in [5.41, 5.74) is 4.11. The van der Waals surface area contributed by atoms with Crippen LogP contribution in [0.4, 0.5) is 11.4 Å². The molecule has 4 N–H and O–H groups in total. The van der Waals surface area contributed by atoms with Crippen LogP contribution in [0.1, 0.15) is 87.4 Å². The minimum atomic E-state index is -1.02. The Hall–Kier alpha value is -6.21. The molecule has 19 heteroatoms. The maximum Gasteiger partial charge on any atom is 0.258 e. The second-order valence-corrected chi connectivity index (χ2v) is 15.0. The number of hydrogen-bond acceptors (Lipinski definition) is 14. The van der Waals surface area contributed by atoms with Crippen molar-refractivity contribution in [3.63, 3.8) is 0 Å². The molecular weight excluding hydrogens is 805 g/mol. The van der Waals surface area contributed by atoms with E-state index >= 15 is 0 Å².